The molecule has 1 saturated heterocycles. The van der Waals surface area contributed by atoms with E-state index in [1.54, 1.807) is 0 Å². The molecule has 1 heterocycles. The Hall–Kier alpha value is -2.33. The normalized spacial score (nSPS) is 16.3. The van der Waals surface area contributed by atoms with Gasteiger partial charge in [0.25, 0.3) is 0 Å². The summed E-state index contributed by atoms with van der Waals surface area (Å²) in [5.74, 6) is 0.931. The van der Waals surface area contributed by atoms with Crippen molar-refractivity contribution >= 4 is 5.96 Å². The molecule has 0 amide bonds. The fraction of sp³-hybridized carbons (Fsp3) is 0.435. The van der Waals surface area contributed by atoms with Crippen LogP contribution in [0.4, 0.5) is 0 Å². The van der Waals surface area contributed by atoms with Crippen LogP contribution in [0.15, 0.2) is 59.6 Å². The van der Waals surface area contributed by atoms with Gasteiger partial charge in [-0.2, -0.15) is 0 Å². The lowest BCUT2D eigenvalue weighted by Gasteiger charge is -2.33. The highest BCUT2D eigenvalue weighted by Gasteiger charge is 2.20. The van der Waals surface area contributed by atoms with Crippen LogP contribution in [0.1, 0.15) is 36.5 Å². The van der Waals surface area contributed by atoms with Crippen LogP contribution in [0, 0.1) is 6.92 Å². The first kappa shape index (κ1) is 19.4. The molecule has 2 aromatic rings. The minimum absolute atomic E-state index is 0.493. The van der Waals surface area contributed by atoms with Crippen molar-refractivity contribution in [2.24, 2.45) is 4.99 Å². The summed E-state index contributed by atoms with van der Waals surface area (Å²) in [7, 11) is 0. The van der Waals surface area contributed by atoms with Gasteiger partial charge in [0.15, 0.2) is 5.96 Å². The van der Waals surface area contributed by atoms with Gasteiger partial charge in [0.1, 0.15) is 0 Å². The van der Waals surface area contributed by atoms with Gasteiger partial charge in [0.05, 0.1) is 6.54 Å². The van der Waals surface area contributed by atoms with E-state index in [1.807, 2.05) is 0 Å². The highest BCUT2D eigenvalue weighted by Crippen LogP contribution is 2.14. The fourth-order valence-corrected chi connectivity index (χ4v) is 3.57. The van der Waals surface area contributed by atoms with Crippen LogP contribution in [-0.2, 0) is 13.1 Å². The van der Waals surface area contributed by atoms with Crippen LogP contribution in [0.2, 0.25) is 0 Å². The Bertz CT molecular complexity index is 718. The number of hydrogen-bond acceptors (Lipinski definition) is 2. The maximum Gasteiger partial charge on any atom is 0.191 e. The Morgan fingerprint density at radius 2 is 1.78 bits per heavy atom. The number of guanidine groups is 1. The molecular weight excluding hydrogens is 332 g/mol. The quantitative estimate of drug-likeness (QED) is 0.606. The number of likely N-dealkylation sites (tertiary alicyclic amines) is 1. The summed E-state index contributed by atoms with van der Waals surface area (Å²) in [6, 6.07) is 19.8. The zero-order valence-electron chi connectivity index (χ0n) is 16.6. The van der Waals surface area contributed by atoms with E-state index in [1.165, 1.54) is 16.7 Å². The highest BCUT2D eigenvalue weighted by atomic mass is 15.2. The van der Waals surface area contributed by atoms with E-state index in [2.05, 4.69) is 84.0 Å². The average molecular weight is 365 g/mol. The molecule has 2 N–H and O–H groups in total. The van der Waals surface area contributed by atoms with Gasteiger partial charge in [-0.25, -0.2) is 4.99 Å². The van der Waals surface area contributed by atoms with Gasteiger partial charge in [0.2, 0.25) is 0 Å². The Kier molecular flexibility index (Phi) is 7.28. The number of nitrogens with zero attached hydrogens (tertiary/aromatic N) is 2. The van der Waals surface area contributed by atoms with Crippen LogP contribution < -0.4 is 10.6 Å². The summed E-state index contributed by atoms with van der Waals surface area (Å²) in [6.45, 7) is 9.14. The summed E-state index contributed by atoms with van der Waals surface area (Å²) in [5, 5.41) is 7.03. The second-order valence-electron chi connectivity index (χ2n) is 7.36. The number of hydrogen-bond donors (Lipinski definition) is 2. The Morgan fingerprint density at radius 1 is 1.04 bits per heavy atom. The van der Waals surface area contributed by atoms with Crippen LogP contribution in [0.5, 0.6) is 0 Å². The van der Waals surface area contributed by atoms with Crippen LogP contribution in [-0.4, -0.2) is 36.5 Å². The third-order valence-electron chi connectivity index (χ3n) is 5.02. The molecule has 0 saturated carbocycles. The summed E-state index contributed by atoms with van der Waals surface area (Å²) in [4.78, 5) is 7.33. The first-order chi connectivity index (χ1) is 13.2. The van der Waals surface area contributed by atoms with Crippen molar-refractivity contribution in [3.8, 4) is 0 Å². The van der Waals surface area contributed by atoms with Gasteiger partial charge >= 0.3 is 0 Å². The Balaban J connectivity index is 1.49. The van der Waals surface area contributed by atoms with Gasteiger partial charge in [-0.05, 0) is 37.8 Å². The minimum Gasteiger partial charge on any atom is -0.357 e. The molecule has 1 aliphatic rings. The van der Waals surface area contributed by atoms with Gasteiger partial charge in [-0.1, -0.05) is 60.2 Å². The minimum atomic E-state index is 0.493. The lowest BCUT2D eigenvalue weighted by atomic mass is 10.0. The molecule has 4 nitrogen and oxygen atoms in total. The molecular formula is C23H32N4. The van der Waals surface area contributed by atoms with E-state index in [0.717, 1.165) is 45.0 Å². The third-order valence-corrected chi connectivity index (χ3v) is 5.02. The first-order valence-corrected chi connectivity index (χ1v) is 10.1. The summed E-state index contributed by atoms with van der Waals surface area (Å²) >= 11 is 0. The highest BCUT2D eigenvalue weighted by molar-refractivity contribution is 5.80. The first-order valence-electron chi connectivity index (χ1n) is 10.1. The number of nitrogens with one attached hydrogen (secondary N) is 2. The zero-order valence-corrected chi connectivity index (χ0v) is 16.6. The van der Waals surface area contributed by atoms with Gasteiger partial charge in [-0.15, -0.1) is 0 Å². The van der Waals surface area contributed by atoms with Crippen molar-refractivity contribution < 1.29 is 0 Å². The second-order valence-corrected chi connectivity index (χ2v) is 7.36. The molecule has 144 valence electrons. The molecule has 1 aliphatic heterocycles. The zero-order chi connectivity index (χ0) is 18.9. The molecule has 27 heavy (non-hydrogen) atoms. The molecule has 0 unspecified atom stereocenters. The average Bonchev–Trinajstić information content (AvgIpc) is 2.69. The van der Waals surface area contributed by atoms with Crippen molar-refractivity contribution in [2.45, 2.75) is 45.8 Å². The van der Waals surface area contributed by atoms with E-state index in [9.17, 15) is 0 Å². The molecule has 0 aromatic heterocycles. The largest absolute Gasteiger partial charge is 0.357 e. The summed E-state index contributed by atoms with van der Waals surface area (Å²) < 4.78 is 0. The lowest BCUT2D eigenvalue weighted by molar-refractivity contribution is 0.198. The Morgan fingerprint density at radius 3 is 2.48 bits per heavy atom. The molecule has 0 radical (unpaired) electrons. The van der Waals surface area contributed by atoms with Crippen molar-refractivity contribution in [1.82, 2.24) is 15.5 Å². The number of piperidine rings is 1. The summed E-state index contributed by atoms with van der Waals surface area (Å²) in [6.07, 6.45) is 2.31. The molecule has 4 heteroatoms. The van der Waals surface area contributed by atoms with Gasteiger partial charge in [-0.3, -0.25) is 4.90 Å². The maximum absolute atomic E-state index is 4.79. The SMILES string of the molecule is CCNC(=NCc1cccc(C)c1)NC1CCN(Cc2ccccc2)CC1. The van der Waals surface area contributed by atoms with Crippen LogP contribution in [0.25, 0.3) is 0 Å². The smallest absolute Gasteiger partial charge is 0.191 e. The number of benzene rings is 2. The number of aliphatic imine (C=N–C) groups is 1. The third kappa shape index (κ3) is 6.40. The molecule has 0 atom stereocenters. The molecule has 1 fully saturated rings. The lowest BCUT2D eigenvalue weighted by Crippen LogP contribution is -2.48. The van der Waals surface area contributed by atoms with E-state index in [-0.39, 0.29) is 0 Å². The molecule has 0 spiro atoms. The maximum atomic E-state index is 4.79. The number of rotatable bonds is 6. The standard InChI is InChI=1S/C23H32N4/c1-3-24-23(25-17-21-11-7-8-19(2)16-21)26-22-12-14-27(15-13-22)18-20-9-5-4-6-10-20/h4-11,16,22H,3,12-15,17-18H2,1-2H3,(H2,24,25,26). The molecule has 0 bridgehead atoms. The molecule has 3 rings (SSSR count). The van der Waals surface area contributed by atoms with E-state index in [0.29, 0.717) is 12.6 Å². The van der Waals surface area contributed by atoms with Crippen LogP contribution >= 0.6 is 0 Å². The predicted octanol–water partition coefficient (Wildman–Crippen LogP) is 3.71. The summed E-state index contributed by atoms with van der Waals surface area (Å²) in [5.41, 5.74) is 3.94. The van der Waals surface area contributed by atoms with E-state index in [4.69, 9.17) is 4.99 Å². The van der Waals surface area contributed by atoms with Crippen molar-refractivity contribution in [1.29, 1.82) is 0 Å². The van der Waals surface area contributed by atoms with Crippen molar-refractivity contribution in [2.75, 3.05) is 19.6 Å². The van der Waals surface area contributed by atoms with Crippen molar-refractivity contribution in [3.63, 3.8) is 0 Å². The van der Waals surface area contributed by atoms with Gasteiger partial charge < -0.3 is 10.6 Å². The monoisotopic (exact) mass is 364 g/mol. The molecule has 2 aromatic carbocycles. The number of aryl methyl sites for hydroxylation is 1. The van der Waals surface area contributed by atoms with E-state index < -0.39 is 0 Å². The van der Waals surface area contributed by atoms with Crippen LogP contribution in [0.3, 0.4) is 0 Å². The molecule has 0 aliphatic carbocycles. The second kappa shape index (κ2) is 10.1. The van der Waals surface area contributed by atoms with E-state index >= 15 is 0 Å². The Labute approximate surface area is 163 Å². The fourth-order valence-electron chi connectivity index (χ4n) is 3.57. The topological polar surface area (TPSA) is 39.7 Å². The van der Waals surface area contributed by atoms with Gasteiger partial charge in [0, 0.05) is 32.2 Å². The van der Waals surface area contributed by atoms with Crippen molar-refractivity contribution in [3.05, 3.63) is 71.3 Å². The predicted molar refractivity (Wildman–Crippen MR) is 114 cm³/mol.